The quantitative estimate of drug-likeness (QED) is 0.931. The third kappa shape index (κ3) is 2.67. The van der Waals surface area contributed by atoms with Crippen LogP contribution in [0.25, 0.3) is 0 Å². The summed E-state index contributed by atoms with van der Waals surface area (Å²) in [7, 11) is 1.49. The molecule has 5 heteroatoms. The summed E-state index contributed by atoms with van der Waals surface area (Å²) in [5.41, 5.74) is 7.82. The molecule has 0 saturated heterocycles. The largest absolute Gasteiger partial charge is 0.496 e. The van der Waals surface area contributed by atoms with E-state index in [2.05, 4.69) is 15.9 Å². The lowest BCUT2D eigenvalue weighted by atomic mass is 9.99. The molecule has 0 aliphatic carbocycles. The van der Waals surface area contributed by atoms with Gasteiger partial charge in [0.05, 0.1) is 17.6 Å². The fraction of sp³-hybridized carbons (Fsp3) is 0.286. The summed E-state index contributed by atoms with van der Waals surface area (Å²) < 4.78 is 24.5. The van der Waals surface area contributed by atoms with Crippen LogP contribution in [0.1, 0.15) is 28.7 Å². The molecule has 0 saturated carbocycles. The molecule has 1 unspecified atom stereocenters. The molecule has 0 fully saturated rings. The first-order chi connectivity index (χ1) is 8.93. The maximum Gasteiger partial charge on any atom is 0.141 e. The Morgan fingerprint density at radius 3 is 2.47 bits per heavy atom. The van der Waals surface area contributed by atoms with E-state index in [0.29, 0.717) is 15.8 Å². The van der Waals surface area contributed by atoms with Gasteiger partial charge in [0.2, 0.25) is 0 Å². The first-order valence-corrected chi connectivity index (χ1v) is 6.58. The lowest BCUT2D eigenvalue weighted by molar-refractivity contribution is 0.403. The molecular weight excluding hydrogens is 313 g/mol. The zero-order valence-corrected chi connectivity index (χ0v) is 12.5. The number of hydrogen-bond acceptors (Lipinski definition) is 3. The average Bonchev–Trinajstić information content (AvgIpc) is 2.70. The fourth-order valence-electron chi connectivity index (χ4n) is 2.09. The Bertz CT molecular complexity index is 610. The van der Waals surface area contributed by atoms with Crippen LogP contribution in [0.15, 0.2) is 27.1 Å². The second kappa shape index (κ2) is 5.35. The lowest BCUT2D eigenvalue weighted by Crippen LogP contribution is -2.13. The summed E-state index contributed by atoms with van der Waals surface area (Å²) in [5, 5.41) is 0. The first kappa shape index (κ1) is 14.1. The Labute approximate surface area is 119 Å². The number of rotatable bonds is 3. The van der Waals surface area contributed by atoms with E-state index in [0.717, 1.165) is 17.1 Å². The third-order valence-corrected chi connectivity index (χ3v) is 3.63. The monoisotopic (exact) mass is 327 g/mol. The highest BCUT2D eigenvalue weighted by Crippen LogP contribution is 2.34. The average molecular weight is 328 g/mol. The number of aryl methyl sites for hydroxylation is 2. The van der Waals surface area contributed by atoms with Gasteiger partial charge in [-0.15, -0.1) is 0 Å². The summed E-state index contributed by atoms with van der Waals surface area (Å²) in [6.07, 6.45) is 0. The zero-order chi connectivity index (χ0) is 14.2. The van der Waals surface area contributed by atoms with E-state index < -0.39 is 6.04 Å². The molecule has 0 bridgehead atoms. The van der Waals surface area contributed by atoms with Crippen LogP contribution < -0.4 is 10.5 Å². The Balaban J connectivity index is 2.52. The van der Waals surface area contributed by atoms with E-state index in [1.165, 1.54) is 13.2 Å². The van der Waals surface area contributed by atoms with Crippen LogP contribution in [0.4, 0.5) is 4.39 Å². The van der Waals surface area contributed by atoms with Crippen LogP contribution in [0.5, 0.6) is 5.75 Å². The van der Waals surface area contributed by atoms with E-state index in [1.54, 1.807) is 6.07 Å². The molecule has 1 atom stereocenters. The third-order valence-electron chi connectivity index (χ3n) is 3.02. The smallest absolute Gasteiger partial charge is 0.141 e. The van der Waals surface area contributed by atoms with Crippen LogP contribution in [-0.2, 0) is 0 Å². The second-order valence-electron chi connectivity index (χ2n) is 4.35. The number of ether oxygens (including phenoxy) is 1. The number of halogens is 2. The summed E-state index contributed by atoms with van der Waals surface area (Å²) in [5.74, 6) is 1.59. The van der Waals surface area contributed by atoms with Gasteiger partial charge < -0.3 is 14.9 Å². The number of benzene rings is 1. The van der Waals surface area contributed by atoms with E-state index in [1.807, 2.05) is 19.9 Å². The van der Waals surface area contributed by atoms with Gasteiger partial charge in [-0.3, -0.25) is 0 Å². The predicted octanol–water partition coefficient (Wildman–Crippen LogP) is 3.85. The lowest BCUT2D eigenvalue weighted by Gasteiger charge is -2.16. The molecule has 1 aromatic heterocycles. The topological polar surface area (TPSA) is 48.4 Å². The molecule has 2 N–H and O–H groups in total. The summed E-state index contributed by atoms with van der Waals surface area (Å²) in [6, 6.07) is 4.42. The number of hydrogen-bond donors (Lipinski definition) is 1. The molecule has 3 nitrogen and oxygen atoms in total. The molecule has 0 aliphatic heterocycles. The molecular formula is C14H15BrFNO2. The maximum absolute atomic E-state index is 13.5. The summed E-state index contributed by atoms with van der Waals surface area (Å²) in [6.45, 7) is 3.72. The van der Waals surface area contributed by atoms with Crippen LogP contribution in [0.3, 0.4) is 0 Å². The normalized spacial score (nSPS) is 12.5. The van der Waals surface area contributed by atoms with Crippen molar-refractivity contribution in [3.05, 3.63) is 51.1 Å². The Hall–Kier alpha value is -1.33. The van der Waals surface area contributed by atoms with Crippen LogP contribution >= 0.6 is 15.9 Å². The zero-order valence-electron chi connectivity index (χ0n) is 11.0. The molecule has 0 spiro atoms. The minimum Gasteiger partial charge on any atom is -0.496 e. The number of furan rings is 1. The molecule has 1 aromatic carbocycles. The van der Waals surface area contributed by atoms with Crippen molar-refractivity contribution in [2.75, 3.05) is 7.11 Å². The van der Waals surface area contributed by atoms with Crippen LogP contribution in [0, 0.1) is 19.7 Å². The van der Waals surface area contributed by atoms with Gasteiger partial charge in [-0.05, 0) is 41.9 Å². The van der Waals surface area contributed by atoms with E-state index in [9.17, 15) is 4.39 Å². The standard InChI is InChI=1S/C14H15BrFNO2/c1-7-4-9(8(2)19-7)14(17)10-5-11(15)12(16)6-13(10)18-3/h4-6,14H,17H2,1-3H3. The van der Waals surface area contributed by atoms with Gasteiger partial charge >= 0.3 is 0 Å². The summed E-state index contributed by atoms with van der Waals surface area (Å²) >= 11 is 3.16. The highest BCUT2D eigenvalue weighted by atomic mass is 79.9. The minimum absolute atomic E-state index is 0.358. The van der Waals surface area contributed by atoms with Crippen molar-refractivity contribution in [2.24, 2.45) is 5.73 Å². The van der Waals surface area contributed by atoms with Crippen molar-refractivity contribution in [3.63, 3.8) is 0 Å². The van der Waals surface area contributed by atoms with Crippen molar-refractivity contribution in [3.8, 4) is 5.75 Å². The van der Waals surface area contributed by atoms with E-state index in [4.69, 9.17) is 14.9 Å². The SMILES string of the molecule is COc1cc(F)c(Br)cc1C(N)c1cc(C)oc1C. The van der Waals surface area contributed by atoms with Gasteiger partial charge in [0.25, 0.3) is 0 Å². The van der Waals surface area contributed by atoms with Crippen molar-refractivity contribution < 1.29 is 13.5 Å². The van der Waals surface area contributed by atoms with Crippen molar-refractivity contribution >= 4 is 15.9 Å². The van der Waals surface area contributed by atoms with Crippen LogP contribution in [-0.4, -0.2) is 7.11 Å². The molecule has 102 valence electrons. The molecule has 0 radical (unpaired) electrons. The Morgan fingerprint density at radius 1 is 1.26 bits per heavy atom. The Kier molecular flexibility index (Phi) is 3.96. The van der Waals surface area contributed by atoms with E-state index in [-0.39, 0.29) is 5.82 Å². The van der Waals surface area contributed by atoms with Crippen molar-refractivity contribution in [1.82, 2.24) is 0 Å². The van der Waals surface area contributed by atoms with Crippen LogP contribution in [0.2, 0.25) is 0 Å². The summed E-state index contributed by atoms with van der Waals surface area (Å²) in [4.78, 5) is 0. The van der Waals surface area contributed by atoms with Gasteiger partial charge in [-0.25, -0.2) is 4.39 Å². The van der Waals surface area contributed by atoms with Crippen molar-refractivity contribution in [2.45, 2.75) is 19.9 Å². The van der Waals surface area contributed by atoms with Gasteiger partial charge in [0, 0.05) is 17.2 Å². The van der Waals surface area contributed by atoms with Gasteiger partial charge in [-0.2, -0.15) is 0 Å². The van der Waals surface area contributed by atoms with E-state index >= 15 is 0 Å². The highest BCUT2D eigenvalue weighted by molar-refractivity contribution is 9.10. The Morgan fingerprint density at radius 2 is 1.95 bits per heavy atom. The molecule has 0 aliphatic rings. The van der Waals surface area contributed by atoms with Gasteiger partial charge in [0.15, 0.2) is 0 Å². The second-order valence-corrected chi connectivity index (χ2v) is 5.21. The fourth-order valence-corrected chi connectivity index (χ4v) is 2.45. The molecule has 2 aromatic rings. The first-order valence-electron chi connectivity index (χ1n) is 5.79. The molecule has 2 rings (SSSR count). The maximum atomic E-state index is 13.5. The molecule has 0 amide bonds. The predicted molar refractivity (Wildman–Crippen MR) is 74.9 cm³/mol. The molecule has 19 heavy (non-hydrogen) atoms. The van der Waals surface area contributed by atoms with Gasteiger partial charge in [0.1, 0.15) is 23.1 Å². The minimum atomic E-state index is -0.427. The number of methoxy groups -OCH3 is 1. The highest BCUT2D eigenvalue weighted by Gasteiger charge is 2.20. The molecule has 1 heterocycles. The number of nitrogens with two attached hydrogens (primary N) is 1. The van der Waals surface area contributed by atoms with Gasteiger partial charge in [-0.1, -0.05) is 0 Å². The van der Waals surface area contributed by atoms with Crippen molar-refractivity contribution in [1.29, 1.82) is 0 Å².